The van der Waals surface area contributed by atoms with Gasteiger partial charge in [0, 0.05) is 22.0 Å². The van der Waals surface area contributed by atoms with Crippen molar-refractivity contribution in [2.24, 2.45) is 0 Å². The number of anilines is 2. The van der Waals surface area contributed by atoms with Gasteiger partial charge in [-0.3, -0.25) is 5.10 Å². The highest BCUT2D eigenvalue weighted by Gasteiger charge is 2.11. The van der Waals surface area contributed by atoms with Crippen molar-refractivity contribution in [1.29, 1.82) is 0 Å². The third-order valence-electron chi connectivity index (χ3n) is 3.71. The van der Waals surface area contributed by atoms with Crippen LogP contribution < -0.4 is 5.32 Å². The zero-order valence-electron chi connectivity index (χ0n) is 13.5. The van der Waals surface area contributed by atoms with Crippen molar-refractivity contribution in [3.8, 4) is 0 Å². The first-order valence-corrected chi connectivity index (χ1v) is 8.62. The van der Waals surface area contributed by atoms with Crippen LogP contribution in [0, 0.1) is 12.7 Å². The monoisotopic (exact) mass is 350 g/mol. The van der Waals surface area contributed by atoms with E-state index < -0.39 is 0 Å². The molecule has 4 nitrogen and oxygen atoms in total. The molecule has 2 heterocycles. The molecule has 0 aliphatic carbocycles. The summed E-state index contributed by atoms with van der Waals surface area (Å²) in [6, 6.07) is 18.5. The number of nitrogens with one attached hydrogen (secondary N) is 2. The number of aryl methyl sites for hydroxylation is 1. The molecular formula is C19H15FN4S. The van der Waals surface area contributed by atoms with E-state index in [4.69, 9.17) is 0 Å². The van der Waals surface area contributed by atoms with E-state index in [1.807, 2.05) is 49.4 Å². The summed E-state index contributed by atoms with van der Waals surface area (Å²) in [6.45, 7) is 1.94. The number of aromatic nitrogens is 3. The van der Waals surface area contributed by atoms with Gasteiger partial charge in [0.25, 0.3) is 0 Å². The number of hydrogen-bond donors (Lipinski definition) is 2. The van der Waals surface area contributed by atoms with Gasteiger partial charge in [0.15, 0.2) is 5.82 Å². The molecule has 2 N–H and O–H groups in total. The van der Waals surface area contributed by atoms with E-state index in [0.29, 0.717) is 16.5 Å². The van der Waals surface area contributed by atoms with Crippen molar-refractivity contribution in [1.82, 2.24) is 15.2 Å². The fraction of sp³-hybridized carbons (Fsp3) is 0.0526. The summed E-state index contributed by atoms with van der Waals surface area (Å²) in [6.07, 6.45) is 0. The Balaban J connectivity index is 1.77. The summed E-state index contributed by atoms with van der Waals surface area (Å²) in [5.41, 5.74) is 0.962. The molecule has 0 spiro atoms. The van der Waals surface area contributed by atoms with E-state index in [-0.39, 0.29) is 5.82 Å². The Bertz CT molecular complexity index is 1040. The minimum Gasteiger partial charge on any atom is -0.323 e. The molecule has 0 bridgehead atoms. The summed E-state index contributed by atoms with van der Waals surface area (Å²) in [5, 5.41) is 13.0. The Kier molecular flexibility index (Phi) is 4.11. The molecule has 0 fully saturated rings. The maximum Gasteiger partial charge on any atom is 0.153 e. The fourth-order valence-corrected chi connectivity index (χ4v) is 3.51. The maximum atomic E-state index is 14.0. The number of nitrogens with zero attached hydrogens (tertiary/aromatic N) is 2. The summed E-state index contributed by atoms with van der Waals surface area (Å²) in [5.74, 6) is 1.12. The molecular weight excluding hydrogens is 335 g/mol. The van der Waals surface area contributed by atoms with Gasteiger partial charge >= 0.3 is 0 Å². The highest BCUT2D eigenvalue weighted by atomic mass is 32.2. The van der Waals surface area contributed by atoms with Crippen LogP contribution in [0.3, 0.4) is 0 Å². The predicted molar refractivity (Wildman–Crippen MR) is 98.9 cm³/mol. The maximum absolute atomic E-state index is 14.0. The van der Waals surface area contributed by atoms with Crippen LogP contribution in [-0.2, 0) is 0 Å². The lowest BCUT2D eigenvalue weighted by Crippen LogP contribution is -1.96. The van der Waals surface area contributed by atoms with Gasteiger partial charge in [-0.2, -0.15) is 5.10 Å². The summed E-state index contributed by atoms with van der Waals surface area (Å²) >= 11 is 1.32. The number of fused-ring (bicyclic) bond motifs is 1. The number of benzene rings is 2. The lowest BCUT2D eigenvalue weighted by atomic mass is 10.2. The van der Waals surface area contributed by atoms with Gasteiger partial charge in [-0.05, 0) is 30.5 Å². The minimum absolute atomic E-state index is 0.250. The van der Waals surface area contributed by atoms with Crippen LogP contribution in [0.25, 0.3) is 10.8 Å². The van der Waals surface area contributed by atoms with Crippen LogP contribution in [-0.4, -0.2) is 15.2 Å². The molecule has 0 unspecified atom stereocenters. The summed E-state index contributed by atoms with van der Waals surface area (Å²) < 4.78 is 14.0. The quantitative estimate of drug-likeness (QED) is 0.524. The predicted octanol–water partition coefficient (Wildman–Crippen LogP) is 5.30. The fourth-order valence-electron chi connectivity index (χ4n) is 2.55. The molecule has 0 aliphatic heterocycles. The zero-order valence-corrected chi connectivity index (χ0v) is 14.3. The molecule has 0 radical (unpaired) electrons. The normalized spacial score (nSPS) is 11.0. The van der Waals surface area contributed by atoms with E-state index in [1.165, 1.54) is 17.8 Å². The van der Waals surface area contributed by atoms with Gasteiger partial charge in [-0.25, -0.2) is 9.37 Å². The van der Waals surface area contributed by atoms with Crippen LogP contribution in [0.15, 0.2) is 70.6 Å². The Morgan fingerprint density at radius 1 is 1.00 bits per heavy atom. The largest absolute Gasteiger partial charge is 0.323 e. The Morgan fingerprint density at radius 3 is 2.60 bits per heavy atom. The minimum atomic E-state index is -0.250. The Labute approximate surface area is 148 Å². The van der Waals surface area contributed by atoms with Gasteiger partial charge in [-0.1, -0.05) is 48.2 Å². The number of rotatable bonds is 4. The first kappa shape index (κ1) is 15.7. The average molecular weight is 350 g/mol. The third kappa shape index (κ3) is 3.34. The summed E-state index contributed by atoms with van der Waals surface area (Å²) in [4.78, 5) is 5.22. The first-order valence-electron chi connectivity index (χ1n) is 7.80. The van der Waals surface area contributed by atoms with Crippen molar-refractivity contribution < 1.29 is 4.39 Å². The number of hydrogen-bond acceptors (Lipinski definition) is 4. The van der Waals surface area contributed by atoms with Crippen molar-refractivity contribution in [3.63, 3.8) is 0 Å². The molecule has 0 aliphatic rings. The van der Waals surface area contributed by atoms with Crippen LogP contribution in [0.1, 0.15) is 5.69 Å². The molecule has 6 heteroatoms. The second kappa shape index (κ2) is 6.57. The van der Waals surface area contributed by atoms with E-state index in [9.17, 15) is 4.39 Å². The van der Waals surface area contributed by atoms with Crippen LogP contribution in [0.5, 0.6) is 0 Å². The standard InChI is InChI=1S/C19H15FN4S/c1-12-10-18(24-23-12)21-17-11-13-6-2-3-7-14(13)19(22-17)25-16-9-5-4-8-15(16)20/h2-11H,1H3,(H2,21,22,23,24). The second-order valence-corrected chi connectivity index (χ2v) is 6.66. The zero-order chi connectivity index (χ0) is 17.2. The van der Waals surface area contributed by atoms with Crippen molar-refractivity contribution in [2.45, 2.75) is 16.8 Å². The highest BCUT2D eigenvalue weighted by Crippen LogP contribution is 2.35. The van der Waals surface area contributed by atoms with Crippen molar-refractivity contribution in [3.05, 3.63) is 72.2 Å². The Hall–Kier alpha value is -2.86. The number of halogens is 1. The molecule has 4 rings (SSSR count). The van der Waals surface area contributed by atoms with Crippen LogP contribution >= 0.6 is 11.8 Å². The van der Waals surface area contributed by atoms with Gasteiger partial charge in [0.2, 0.25) is 0 Å². The average Bonchev–Trinajstić information content (AvgIpc) is 3.02. The number of aromatic amines is 1. The van der Waals surface area contributed by atoms with E-state index in [1.54, 1.807) is 12.1 Å². The molecule has 0 saturated heterocycles. The Morgan fingerprint density at radius 2 is 1.80 bits per heavy atom. The number of H-pyrrole nitrogens is 1. The molecule has 2 aromatic carbocycles. The van der Waals surface area contributed by atoms with Gasteiger partial charge in [0.05, 0.1) is 0 Å². The van der Waals surface area contributed by atoms with Crippen molar-refractivity contribution in [2.75, 3.05) is 5.32 Å². The van der Waals surface area contributed by atoms with Crippen LogP contribution in [0.2, 0.25) is 0 Å². The lowest BCUT2D eigenvalue weighted by molar-refractivity contribution is 0.602. The van der Waals surface area contributed by atoms with E-state index in [2.05, 4.69) is 20.5 Å². The SMILES string of the molecule is Cc1cc(Nc2cc3ccccc3c(Sc3ccccc3F)n2)n[nH]1. The van der Waals surface area contributed by atoms with E-state index in [0.717, 1.165) is 21.5 Å². The third-order valence-corrected chi connectivity index (χ3v) is 4.77. The molecule has 25 heavy (non-hydrogen) atoms. The number of pyridine rings is 1. The molecule has 0 atom stereocenters. The van der Waals surface area contributed by atoms with Gasteiger partial charge < -0.3 is 5.32 Å². The van der Waals surface area contributed by atoms with E-state index >= 15 is 0 Å². The lowest BCUT2D eigenvalue weighted by Gasteiger charge is -2.10. The molecule has 0 saturated carbocycles. The topological polar surface area (TPSA) is 53.6 Å². The van der Waals surface area contributed by atoms with Gasteiger partial charge in [-0.15, -0.1) is 0 Å². The van der Waals surface area contributed by atoms with Crippen LogP contribution in [0.4, 0.5) is 16.0 Å². The van der Waals surface area contributed by atoms with Crippen molar-refractivity contribution >= 4 is 34.2 Å². The molecule has 4 aromatic rings. The first-order chi connectivity index (χ1) is 12.2. The molecule has 2 aromatic heterocycles. The van der Waals surface area contributed by atoms with Gasteiger partial charge in [0.1, 0.15) is 16.7 Å². The molecule has 124 valence electrons. The second-order valence-electron chi connectivity index (χ2n) is 5.63. The smallest absolute Gasteiger partial charge is 0.153 e. The summed E-state index contributed by atoms with van der Waals surface area (Å²) in [7, 11) is 0. The highest BCUT2D eigenvalue weighted by molar-refractivity contribution is 7.99. The molecule has 0 amide bonds.